The van der Waals surface area contributed by atoms with E-state index in [0.717, 1.165) is 0 Å². The average Bonchev–Trinajstić information content (AvgIpc) is 3.02. The third kappa shape index (κ3) is 2.71. The van der Waals surface area contributed by atoms with E-state index in [9.17, 15) is 9.59 Å². The Balaban J connectivity index is 2.65. The summed E-state index contributed by atoms with van der Waals surface area (Å²) in [6.45, 7) is 0. The smallest absolute Gasteiger partial charge is 0.353 e. The molecule has 0 unspecified atom stereocenters. The Morgan fingerprint density at radius 2 is 1.86 bits per heavy atom. The van der Waals surface area contributed by atoms with Crippen LogP contribution in [0.4, 0.5) is 0 Å². The Morgan fingerprint density at radius 1 is 1.14 bits per heavy atom. The summed E-state index contributed by atoms with van der Waals surface area (Å²) < 4.78 is 15.2. The van der Waals surface area contributed by atoms with E-state index in [1.54, 1.807) is 0 Å². The summed E-state index contributed by atoms with van der Waals surface area (Å²) in [5.74, 6) is -1.07. The lowest BCUT2D eigenvalue weighted by molar-refractivity contribution is 0.0599. The molecule has 0 atom stereocenters. The molecule has 22 heavy (non-hydrogen) atoms. The first-order valence-corrected chi connectivity index (χ1v) is 6.15. The van der Waals surface area contributed by atoms with Gasteiger partial charge in [0.2, 0.25) is 0 Å². The van der Waals surface area contributed by atoms with Crippen LogP contribution in [0.2, 0.25) is 0 Å². The predicted molar refractivity (Wildman–Crippen MR) is 75.4 cm³/mol. The monoisotopic (exact) mass is 306 g/mol. The van der Waals surface area contributed by atoms with Crippen LogP contribution in [0.15, 0.2) is 18.2 Å². The molecule has 8 heteroatoms. The van der Waals surface area contributed by atoms with Gasteiger partial charge in [0.1, 0.15) is 5.69 Å². The molecule has 0 amide bonds. The van der Waals surface area contributed by atoms with E-state index in [0.29, 0.717) is 22.8 Å². The van der Waals surface area contributed by atoms with Crippen molar-refractivity contribution in [1.82, 2.24) is 10.2 Å². The second-order valence-electron chi connectivity index (χ2n) is 4.22. The molecule has 1 heterocycles. The maximum absolute atomic E-state index is 11.7. The topological polar surface area (TPSA) is 111 Å². The van der Waals surface area contributed by atoms with Gasteiger partial charge in [-0.05, 0) is 18.2 Å². The number of carbonyl (C=O) groups excluding carboxylic acids is 1. The normalized spacial score (nSPS) is 10.1. The van der Waals surface area contributed by atoms with Crippen LogP contribution in [-0.2, 0) is 4.74 Å². The summed E-state index contributed by atoms with van der Waals surface area (Å²) in [4.78, 5) is 22.7. The molecule has 0 aliphatic heterocycles. The summed E-state index contributed by atoms with van der Waals surface area (Å²) in [5, 5.41) is 15.3. The SMILES string of the molecule is COC(=O)c1cc(OC)c(OC)c(-c2cc(C(=O)O)[nH]n2)c1. The van der Waals surface area contributed by atoms with Gasteiger partial charge in [-0.3, -0.25) is 5.10 Å². The molecule has 1 aromatic heterocycles. The van der Waals surface area contributed by atoms with Crippen molar-refractivity contribution >= 4 is 11.9 Å². The lowest BCUT2D eigenvalue weighted by atomic mass is 10.1. The van der Waals surface area contributed by atoms with Crippen molar-refractivity contribution in [2.75, 3.05) is 21.3 Å². The molecule has 0 bridgehead atoms. The average molecular weight is 306 g/mol. The molecular formula is C14H14N2O6. The number of hydrogen-bond acceptors (Lipinski definition) is 6. The number of carboxylic acid groups (broad SMARTS) is 1. The first-order chi connectivity index (χ1) is 10.5. The highest BCUT2D eigenvalue weighted by Gasteiger charge is 2.20. The van der Waals surface area contributed by atoms with Crippen molar-refractivity contribution < 1.29 is 28.9 Å². The van der Waals surface area contributed by atoms with Crippen LogP contribution in [0.25, 0.3) is 11.3 Å². The molecule has 0 aliphatic carbocycles. The van der Waals surface area contributed by atoms with Gasteiger partial charge in [-0.2, -0.15) is 5.10 Å². The fourth-order valence-electron chi connectivity index (χ4n) is 1.96. The minimum Gasteiger partial charge on any atom is -0.493 e. The van der Waals surface area contributed by atoms with Crippen LogP contribution < -0.4 is 9.47 Å². The van der Waals surface area contributed by atoms with Crippen molar-refractivity contribution in [3.05, 3.63) is 29.5 Å². The van der Waals surface area contributed by atoms with E-state index < -0.39 is 11.9 Å². The van der Waals surface area contributed by atoms with Gasteiger partial charge in [0.05, 0.1) is 32.6 Å². The van der Waals surface area contributed by atoms with Crippen molar-refractivity contribution in [3.8, 4) is 22.8 Å². The second-order valence-corrected chi connectivity index (χ2v) is 4.22. The van der Waals surface area contributed by atoms with Crippen molar-refractivity contribution in [1.29, 1.82) is 0 Å². The van der Waals surface area contributed by atoms with Crippen LogP contribution in [0.3, 0.4) is 0 Å². The fraction of sp³-hybridized carbons (Fsp3) is 0.214. The van der Waals surface area contributed by atoms with Gasteiger partial charge in [-0.25, -0.2) is 9.59 Å². The molecule has 0 aliphatic rings. The minimum absolute atomic E-state index is 0.0838. The van der Waals surface area contributed by atoms with Crippen LogP contribution in [-0.4, -0.2) is 48.6 Å². The molecular weight excluding hydrogens is 292 g/mol. The summed E-state index contributed by atoms with van der Waals surface area (Å²) in [6, 6.07) is 4.30. The minimum atomic E-state index is -1.14. The summed E-state index contributed by atoms with van der Waals surface area (Å²) in [6.07, 6.45) is 0. The maximum atomic E-state index is 11.7. The third-order valence-electron chi connectivity index (χ3n) is 2.98. The van der Waals surface area contributed by atoms with Gasteiger partial charge in [-0.15, -0.1) is 0 Å². The molecule has 0 radical (unpaired) electrons. The van der Waals surface area contributed by atoms with Crippen LogP contribution in [0.5, 0.6) is 11.5 Å². The molecule has 2 N–H and O–H groups in total. The number of esters is 1. The number of nitrogens with zero attached hydrogens (tertiary/aromatic N) is 1. The molecule has 0 saturated heterocycles. The molecule has 116 valence electrons. The summed E-state index contributed by atoms with van der Waals surface area (Å²) in [5.41, 5.74) is 0.860. The zero-order chi connectivity index (χ0) is 16.3. The lowest BCUT2D eigenvalue weighted by Crippen LogP contribution is -2.04. The number of aromatic carboxylic acids is 1. The zero-order valence-electron chi connectivity index (χ0n) is 12.2. The molecule has 2 aromatic rings. The largest absolute Gasteiger partial charge is 0.493 e. The van der Waals surface area contributed by atoms with Crippen LogP contribution in [0, 0.1) is 0 Å². The number of ether oxygens (including phenoxy) is 3. The van der Waals surface area contributed by atoms with E-state index in [1.807, 2.05) is 0 Å². The van der Waals surface area contributed by atoms with Crippen molar-refractivity contribution in [2.45, 2.75) is 0 Å². The predicted octanol–water partition coefficient (Wildman–Crippen LogP) is 1.58. The first-order valence-electron chi connectivity index (χ1n) is 6.15. The molecule has 8 nitrogen and oxygen atoms in total. The number of carbonyl (C=O) groups is 2. The van der Waals surface area contributed by atoms with E-state index >= 15 is 0 Å². The Labute approximate surface area is 125 Å². The van der Waals surface area contributed by atoms with Crippen LogP contribution in [0.1, 0.15) is 20.8 Å². The summed E-state index contributed by atoms with van der Waals surface area (Å²) >= 11 is 0. The maximum Gasteiger partial charge on any atom is 0.353 e. The van der Waals surface area contributed by atoms with Gasteiger partial charge in [0, 0.05) is 5.56 Å². The van der Waals surface area contributed by atoms with Gasteiger partial charge in [0.25, 0.3) is 0 Å². The zero-order valence-corrected chi connectivity index (χ0v) is 12.2. The number of aromatic amines is 1. The van der Waals surface area contributed by atoms with Gasteiger partial charge in [0.15, 0.2) is 11.5 Å². The van der Waals surface area contributed by atoms with E-state index in [4.69, 9.17) is 14.6 Å². The second kappa shape index (κ2) is 6.17. The van der Waals surface area contributed by atoms with Gasteiger partial charge >= 0.3 is 11.9 Å². The van der Waals surface area contributed by atoms with E-state index in [-0.39, 0.29) is 11.3 Å². The number of aromatic nitrogens is 2. The number of H-pyrrole nitrogens is 1. The van der Waals surface area contributed by atoms with E-state index in [2.05, 4.69) is 14.9 Å². The highest BCUT2D eigenvalue weighted by Crippen LogP contribution is 2.38. The molecule has 0 fully saturated rings. The first kappa shape index (κ1) is 15.4. The molecule has 2 rings (SSSR count). The number of benzene rings is 1. The van der Waals surface area contributed by atoms with Gasteiger partial charge in [-0.1, -0.05) is 0 Å². The Kier molecular flexibility index (Phi) is 4.31. The lowest BCUT2D eigenvalue weighted by Gasteiger charge is -2.13. The number of methoxy groups -OCH3 is 3. The highest BCUT2D eigenvalue weighted by molar-refractivity contribution is 5.93. The number of rotatable bonds is 5. The van der Waals surface area contributed by atoms with Crippen molar-refractivity contribution in [2.24, 2.45) is 0 Å². The summed E-state index contributed by atoms with van der Waals surface area (Å²) in [7, 11) is 4.12. The molecule has 0 saturated carbocycles. The molecule has 1 aromatic carbocycles. The quantitative estimate of drug-likeness (QED) is 0.807. The van der Waals surface area contributed by atoms with E-state index in [1.165, 1.54) is 39.5 Å². The standard InChI is InChI=1S/C14H14N2O6/c1-20-11-5-7(14(19)22-3)4-8(12(11)21-2)9-6-10(13(17)18)16-15-9/h4-6H,1-3H3,(H,15,16)(H,17,18). The van der Waals surface area contributed by atoms with Crippen molar-refractivity contribution in [3.63, 3.8) is 0 Å². The van der Waals surface area contributed by atoms with Gasteiger partial charge < -0.3 is 19.3 Å². The number of carboxylic acids is 1. The Hall–Kier alpha value is -3.03. The Bertz CT molecular complexity index is 722. The van der Waals surface area contributed by atoms with Crippen LogP contribution >= 0.6 is 0 Å². The highest BCUT2D eigenvalue weighted by atomic mass is 16.5. The number of nitrogens with one attached hydrogen (secondary N) is 1. The third-order valence-corrected chi connectivity index (χ3v) is 2.98. The fourth-order valence-corrected chi connectivity index (χ4v) is 1.96. The Morgan fingerprint density at radius 3 is 2.36 bits per heavy atom. The number of hydrogen-bond donors (Lipinski definition) is 2. The molecule has 0 spiro atoms.